The van der Waals surface area contributed by atoms with Crippen LogP contribution in [0.15, 0.2) is 0 Å². The van der Waals surface area contributed by atoms with Crippen molar-refractivity contribution >= 4 is 17.6 Å². The largest absolute Gasteiger partial charge is 0.481 e. The van der Waals surface area contributed by atoms with E-state index in [4.69, 9.17) is 5.11 Å². The molecule has 0 radical (unpaired) electrons. The molecule has 0 aliphatic heterocycles. The van der Waals surface area contributed by atoms with Gasteiger partial charge in [0, 0.05) is 12.5 Å². The van der Waals surface area contributed by atoms with E-state index < -0.39 is 16.8 Å². The van der Waals surface area contributed by atoms with E-state index in [1.165, 1.54) is 4.68 Å². The highest BCUT2D eigenvalue weighted by Crippen LogP contribution is 2.26. The summed E-state index contributed by atoms with van der Waals surface area (Å²) in [5, 5.41) is 26.9. The summed E-state index contributed by atoms with van der Waals surface area (Å²) in [6.45, 7) is 3.36. The maximum Gasteiger partial charge on any atom is 0.312 e. The number of amides is 1. The number of nitrogens with zero attached hydrogens (tertiary/aromatic N) is 3. The van der Waals surface area contributed by atoms with Gasteiger partial charge in [0.2, 0.25) is 5.91 Å². The molecule has 9 nitrogen and oxygen atoms in total. The molecule has 126 valence electrons. The highest BCUT2D eigenvalue weighted by molar-refractivity contribution is 5.78. The third kappa shape index (κ3) is 3.66. The topological polar surface area (TPSA) is 127 Å². The smallest absolute Gasteiger partial charge is 0.312 e. The first-order valence-corrected chi connectivity index (χ1v) is 7.51. The number of carbonyl (C=O) groups excluding carboxylic acids is 1. The van der Waals surface area contributed by atoms with Gasteiger partial charge in [-0.2, -0.15) is 5.10 Å². The van der Waals surface area contributed by atoms with Crippen molar-refractivity contribution in [2.45, 2.75) is 52.1 Å². The fourth-order valence-electron chi connectivity index (χ4n) is 3.08. The van der Waals surface area contributed by atoms with Crippen LogP contribution >= 0.6 is 0 Å². The Morgan fingerprint density at radius 2 is 2.13 bits per heavy atom. The van der Waals surface area contributed by atoms with E-state index in [9.17, 15) is 19.7 Å². The van der Waals surface area contributed by atoms with Gasteiger partial charge in [-0.15, -0.1) is 0 Å². The number of carboxylic acids is 1. The Hall–Kier alpha value is -2.45. The first-order valence-electron chi connectivity index (χ1n) is 7.51. The lowest BCUT2D eigenvalue weighted by molar-refractivity contribution is -0.386. The minimum Gasteiger partial charge on any atom is -0.481 e. The summed E-state index contributed by atoms with van der Waals surface area (Å²) in [5.41, 5.74) is 0.686. The molecular weight excluding hydrogens is 304 g/mol. The minimum absolute atomic E-state index is 0.0351. The van der Waals surface area contributed by atoms with Crippen molar-refractivity contribution in [1.82, 2.24) is 15.1 Å². The maximum atomic E-state index is 12.0. The molecule has 1 amide bonds. The van der Waals surface area contributed by atoms with Crippen LogP contribution in [0.5, 0.6) is 0 Å². The minimum atomic E-state index is -0.887. The van der Waals surface area contributed by atoms with Crippen molar-refractivity contribution in [3.63, 3.8) is 0 Å². The number of hydrogen-bond donors (Lipinski definition) is 2. The van der Waals surface area contributed by atoms with Crippen LogP contribution in [0.1, 0.15) is 37.1 Å². The van der Waals surface area contributed by atoms with E-state index in [2.05, 4.69) is 10.4 Å². The number of aliphatic carboxylic acids is 1. The first kappa shape index (κ1) is 16.9. The first-order chi connectivity index (χ1) is 10.8. The molecule has 1 aliphatic carbocycles. The van der Waals surface area contributed by atoms with Gasteiger partial charge in [-0.3, -0.25) is 24.4 Å². The van der Waals surface area contributed by atoms with Gasteiger partial charge in [-0.05, 0) is 26.7 Å². The van der Waals surface area contributed by atoms with Crippen LogP contribution in [0.3, 0.4) is 0 Å². The van der Waals surface area contributed by atoms with Gasteiger partial charge in [-0.1, -0.05) is 6.42 Å². The number of aryl methyl sites for hydroxylation is 2. The third-order valence-electron chi connectivity index (χ3n) is 4.26. The van der Waals surface area contributed by atoms with Gasteiger partial charge >= 0.3 is 11.7 Å². The molecule has 1 aromatic heterocycles. The molecule has 0 unspecified atom stereocenters. The van der Waals surface area contributed by atoms with Gasteiger partial charge in [0.1, 0.15) is 11.4 Å². The molecule has 9 heteroatoms. The number of carboxylic acid groups (broad SMARTS) is 1. The molecule has 1 aromatic rings. The van der Waals surface area contributed by atoms with Crippen molar-refractivity contribution in [2.24, 2.45) is 5.92 Å². The van der Waals surface area contributed by atoms with Gasteiger partial charge in [-0.25, -0.2) is 0 Å². The Labute approximate surface area is 132 Å². The second-order valence-electron chi connectivity index (χ2n) is 5.80. The summed E-state index contributed by atoms with van der Waals surface area (Å²) in [6.07, 6.45) is 2.12. The number of rotatable bonds is 6. The van der Waals surface area contributed by atoms with Crippen molar-refractivity contribution in [3.05, 3.63) is 21.5 Å². The lowest BCUT2D eigenvalue weighted by Gasteiger charge is -2.17. The number of hydrogen-bond acceptors (Lipinski definition) is 5. The molecule has 23 heavy (non-hydrogen) atoms. The average Bonchev–Trinajstić information content (AvgIpc) is 3.01. The number of aromatic nitrogens is 2. The molecule has 0 aromatic carbocycles. The van der Waals surface area contributed by atoms with E-state index in [0.717, 1.165) is 6.42 Å². The zero-order valence-corrected chi connectivity index (χ0v) is 13.1. The van der Waals surface area contributed by atoms with Crippen LogP contribution in [-0.2, 0) is 16.1 Å². The molecule has 2 atom stereocenters. The van der Waals surface area contributed by atoms with E-state index in [-0.39, 0.29) is 30.6 Å². The molecule has 1 aliphatic rings. The van der Waals surface area contributed by atoms with Crippen molar-refractivity contribution in [2.75, 3.05) is 0 Å². The predicted molar refractivity (Wildman–Crippen MR) is 79.9 cm³/mol. The molecule has 1 heterocycles. The summed E-state index contributed by atoms with van der Waals surface area (Å²) in [5.74, 6) is -1.69. The normalized spacial score (nSPS) is 20.4. The van der Waals surface area contributed by atoms with Crippen molar-refractivity contribution in [1.29, 1.82) is 0 Å². The third-order valence-corrected chi connectivity index (χ3v) is 4.26. The van der Waals surface area contributed by atoms with Crippen LogP contribution in [-0.4, -0.2) is 37.7 Å². The standard InChI is InChI=1S/C14H20N4O5/c1-8-13(18(22)23)9(2)17(16-8)7-6-12(19)15-11-5-3-4-10(11)14(20)21/h10-11H,3-7H2,1-2H3,(H,15,19)(H,20,21)/t10-,11+/m0/s1. The predicted octanol–water partition coefficient (Wildman–Crippen LogP) is 1.17. The molecule has 0 saturated heterocycles. The fourth-order valence-corrected chi connectivity index (χ4v) is 3.08. The van der Waals surface area contributed by atoms with Crippen LogP contribution in [0.25, 0.3) is 0 Å². The molecule has 0 bridgehead atoms. The Morgan fingerprint density at radius 1 is 1.43 bits per heavy atom. The summed E-state index contributed by atoms with van der Waals surface area (Å²) in [4.78, 5) is 33.6. The van der Waals surface area contributed by atoms with Crippen LogP contribution in [0, 0.1) is 29.9 Å². The second kappa shape index (κ2) is 6.76. The second-order valence-corrected chi connectivity index (χ2v) is 5.80. The van der Waals surface area contributed by atoms with Gasteiger partial charge in [0.05, 0.1) is 17.4 Å². The lowest BCUT2D eigenvalue weighted by Crippen LogP contribution is -2.40. The number of carbonyl (C=O) groups is 2. The summed E-state index contributed by atoms with van der Waals surface area (Å²) >= 11 is 0. The quantitative estimate of drug-likeness (QED) is 0.597. The highest BCUT2D eigenvalue weighted by Gasteiger charge is 2.33. The SMILES string of the molecule is Cc1nn(CCC(=O)N[C@@H]2CCC[C@@H]2C(=O)O)c(C)c1[N+](=O)[O-]. The summed E-state index contributed by atoms with van der Waals surface area (Å²) < 4.78 is 1.44. The molecule has 1 saturated carbocycles. The average molecular weight is 324 g/mol. The fraction of sp³-hybridized carbons (Fsp3) is 0.643. The Kier molecular flexibility index (Phi) is 4.97. The molecule has 0 spiro atoms. The van der Waals surface area contributed by atoms with E-state index in [1.54, 1.807) is 13.8 Å². The Bertz CT molecular complexity index is 639. The van der Waals surface area contributed by atoms with Gasteiger partial charge in [0.15, 0.2) is 0 Å². The summed E-state index contributed by atoms with van der Waals surface area (Å²) in [6, 6.07) is -0.338. The number of nitro groups is 1. The van der Waals surface area contributed by atoms with Crippen LogP contribution in [0.2, 0.25) is 0 Å². The molecule has 1 fully saturated rings. The Morgan fingerprint density at radius 3 is 2.70 bits per heavy atom. The van der Waals surface area contributed by atoms with Gasteiger partial charge in [0.25, 0.3) is 0 Å². The zero-order chi connectivity index (χ0) is 17.1. The highest BCUT2D eigenvalue weighted by atomic mass is 16.6. The maximum absolute atomic E-state index is 12.0. The van der Waals surface area contributed by atoms with Crippen LogP contribution in [0.4, 0.5) is 5.69 Å². The molecule has 2 rings (SSSR count). The molecular formula is C14H20N4O5. The monoisotopic (exact) mass is 324 g/mol. The molecule has 2 N–H and O–H groups in total. The van der Waals surface area contributed by atoms with Gasteiger partial charge < -0.3 is 10.4 Å². The van der Waals surface area contributed by atoms with Crippen LogP contribution < -0.4 is 5.32 Å². The van der Waals surface area contributed by atoms with E-state index in [0.29, 0.717) is 24.2 Å². The van der Waals surface area contributed by atoms with Crippen molar-refractivity contribution in [3.8, 4) is 0 Å². The zero-order valence-electron chi connectivity index (χ0n) is 13.1. The van der Waals surface area contributed by atoms with Crippen molar-refractivity contribution < 1.29 is 19.6 Å². The summed E-state index contributed by atoms with van der Waals surface area (Å²) in [7, 11) is 0. The number of nitrogens with one attached hydrogen (secondary N) is 1. The van der Waals surface area contributed by atoms with E-state index >= 15 is 0 Å². The lowest BCUT2D eigenvalue weighted by atomic mass is 10.0. The Balaban J connectivity index is 1.94. The van der Waals surface area contributed by atoms with E-state index in [1.807, 2.05) is 0 Å².